The lowest BCUT2D eigenvalue weighted by molar-refractivity contribution is 0.0900. The fraction of sp³-hybridized carbons (Fsp3) is 0.471. The van der Waals surface area contributed by atoms with Gasteiger partial charge in [-0.25, -0.2) is 4.98 Å². The Balaban J connectivity index is 1.75. The summed E-state index contributed by atoms with van der Waals surface area (Å²) in [6, 6.07) is 10.5. The molecule has 0 bridgehead atoms. The van der Waals surface area contributed by atoms with Gasteiger partial charge in [-0.3, -0.25) is 0 Å². The molecule has 1 aromatic heterocycles. The molecule has 3 nitrogen and oxygen atoms in total. The second kappa shape index (κ2) is 5.80. The minimum atomic E-state index is 0.406. The molecule has 3 rings (SSSR count). The number of hydrogen-bond donors (Lipinski definition) is 1. The largest absolute Gasteiger partial charge is 0.378 e. The third-order valence-electron chi connectivity index (χ3n) is 4.19. The first-order chi connectivity index (χ1) is 9.78. The van der Waals surface area contributed by atoms with Gasteiger partial charge >= 0.3 is 0 Å². The topological polar surface area (TPSA) is 34.1 Å². The summed E-state index contributed by atoms with van der Waals surface area (Å²) in [4.78, 5) is 4.73. The van der Waals surface area contributed by atoms with E-state index >= 15 is 0 Å². The number of aromatic nitrogens is 1. The highest BCUT2D eigenvalue weighted by Gasteiger charge is 2.26. The second-order valence-corrected chi connectivity index (χ2v) is 5.59. The summed E-state index contributed by atoms with van der Waals surface area (Å²) in [5.74, 6) is 1.61. The molecule has 20 heavy (non-hydrogen) atoms. The van der Waals surface area contributed by atoms with Gasteiger partial charge in [0.25, 0.3) is 0 Å². The Morgan fingerprint density at radius 1 is 1.35 bits per heavy atom. The predicted octanol–water partition coefficient (Wildman–Crippen LogP) is 3.77. The van der Waals surface area contributed by atoms with Gasteiger partial charge in [0.1, 0.15) is 5.82 Å². The molecule has 1 aromatic carbocycles. The number of ether oxygens (including phenoxy) is 1. The van der Waals surface area contributed by atoms with E-state index in [2.05, 4.69) is 43.4 Å². The third-order valence-corrected chi connectivity index (χ3v) is 4.19. The number of para-hydroxylation sites is 1. The van der Waals surface area contributed by atoms with Crippen molar-refractivity contribution in [3.63, 3.8) is 0 Å². The van der Waals surface area contributed by atoms with E-state index in [0.29, 0.717) is 12.0 Å². The van der Waals surface area contributed by atoms with Crippen molar-refractivity contribution in [1.82, 2.24) is 4.98 Å². The second-order valence-electron chi connectivity index (χ2n) is 5.59. The van der Waals surface area contributed by atoms with E-state index in [1.54, 1.807) is 0 Å². The molecule has 3 heteroatoms. The van der Waals surface area contributed by atoms with Crippen LogP contribution in [0.1, 0.15) is 25.3 Å². The molecule has 2 unspecified atom stereocenters. The molecule has 1 aliphatic rings. The van der Waals surface area contributed by atoms with Crippen LogP contribution in [0.4, 0.5) is 5.82 Å². The van der Waals surface area contributed by atoms with Crippen LogP contribution in [0.25, 0.3) is 10.9 Å². The number of hydrogen-bond acceptors (Lipinski definition) is 3. The zero-order chi connectivity index (χ0) is 13.9. The summed E-state index contributed by atoms with van der Waals surface area (Å²) in [7, 11) is 0. The number of pyridine rings is 1. The van der Waals surface area contributed by atoms with Crippen molar-refractivity contribution in [2.45, 2.75) is 32.8 Å². The van der Waals surface area contributed by atoms with Crippen LogP contribution in [0.2, 0.25) is 0 Å². The van der Waals surface area contributed by atoms with Gasteiger partial charge < -0.3 is 10.1 Å². The van der Waals surface area contributed by atoms with E-state index in [1.807, 2.05) is 6.07 Å². The van der Waals surface area contributed by atoms with E-state index in [9.17, 15) is 0 Å². The van der Waals surface area contributed by atoms with Gasteiger partial charge in [0, 0.05) is 24.5 Å². The number of nitrogens with zero attached hydrogens (tertiary/aromatic N) is 1. The fourth-order valence-electron chi connectivity index (χ4n) is 3.01. The van der Waals surface area contributed by atoms with Crippen LogP contribution >= 0.6 is 0 Å². The number of fused-ring (bicyclic) bond motifs is 1. The van der Waals surface area contributed by atoms with Crippen molar-refractivity contribution in [3.8, 4) is 0 Å². The average molecular weight is 270 g/mol. The van der Waals surface area contributed by atoms with Crippen LogP contribution in [0.15, 0.2) is 30.3 Å². The Morgan fingerprint density at radius 2 is 2.20 bits per heavy atom. The lowest BCUT2D eigenvalue weighted by atomic mass is 9.99. The molecule has 2 heterocycles. The van der Waals surface area contributed by atoms with Crippen molar-refractivity contribution in [2.75, 3.05) is 18.5 Å². The first-order valence-electron chi connectivity index (χ1n) is 7.50. The Hall–Kier alpha value is -1.61. The van der Waals surface area contributed by atoms with Crippen molar-refractivity contribution in [2.24, 2.45) is 5.92 Å². The lowest BCUT2D eigenvalue weighted by Crippen LogP contribution is -2.23. The van der Waals surface area contributed by atoms with Crippen LogP contribution < -0.4 is 5.32 Å². The number of benzene rings is 1. The van der Waals surface area contributed by atoms with Crippen LogP contribution in [0.5, 0.6) is 0 Å². The first kappa shape index (κ1) is 13.4. The molecular weight excluding hydrogens is 248 g/mol. The van der Waals surface area contributed by atoms with Gasteiger partial charge in [-0.2, -0.15) is 0 Å². The lowest BCUT2D eigenvalue weighted by Gasteiger charge is -2.18. The normalized spacial score (nSPS) is 22.3. The minimum Gasteiger partial charge on any atom is -0.378 e. The Kier molecular flexibility index (Phi) is 3.88. The highest BCUT2D eigenvalue weighted by Crippen LogP contribution is 2.25. The molecule has 0 spiro atoms. The highest BCUT2D eigenvalue weighted by molar-refractivity contribution is 5.81. The molecule has 1 N–H and O–H groups in total. The summed E-state index contributed by atoms with van der Waals surface area (Å²) < 4.78 is 5.74. The van der Waals surface area contributed by atoms with E-state index in [1.165, 1.54) is 10.9 Å². The summed E-state index contributed by atoms with van der Waals surface area (Å²) in [5, 5.41) is 4.72. The quantitative estimate of drug-likeness (QED) is 0.918. The predicted molar refractivity (Wildman–Crippen MR) is 83.1 cm³/mol. The Morgan fingerprint density at radius 3 is 3.05 bits per heavy atom. The standard InChI is InChI=1S/C17H22N2O/c1-3-16-14(8-9-20-16)11-18-17-12(2)10-13-6-4-5-7-15(13)19-17/h4-7,10,14,16H,3,8-9,11H2,1-2H3,(H,18,19). The van der Waals surface area contributed by atoms with E-state index in [4.69, 9.17) is 9.72 Å². The van der Waals surface area contributed by atoms with Crippen LogP contribution in [0.3, 0.4) is 0 Å². The highest BCUT2D eigenvalue weighted by atomic mass is 16.5. The molecule has 2 aromatic rings. The number of anilines is 1. The van der Waals surface area contributed by atoms with Crippen molar-refractivity contribution < 1.29 is 4.74 Å². The van der Waals surface area contributed by atoms with Crippen molar-refractivity contribution in [1.29, 1.82) is 0 Å². The maximum absolute atomic E-state index is 5.74. The third kappa shape index (κ3) is 2.63. The van der Waals surface area contributed by atoms with Gasteiger partial charge in [-0.05, 0) is 37.5 Å². The van der Waals surface area contributed by atoms with Crippen LogP contribution in [-0.4, -0.2) is 24.2 Å². The van der Waals surface area contributed by atoms with E-state index in [-0.39, 0.29) is 0 Å². The summed E-state index contributed by atoms with van der Waals surface area (Å²) in [6.45, 7) is 6.16. The molecule has 2 atom stereocenters. The monoisotopic (exact) mass is 270 g/mol. The molecular formula is C17H22N2O. The number of rotatable bonds is 4. The molecule has 1 saturated heterocycles. The fourth-order valence-corrected chi connectivity index (χ4v) is 3.01. The molecule has 106 valence electrons. The smallest absolute Gasteiger partial charge is 0.129 e. The summed E-state index contributed by atoms with van der Waals surface area (Å²) in [5.41, 5.74) is 2.26. The Labute approximate surface area is 120 Å². The van der Waals surface area contributed by atoms with E-state index < -0.39 is 0 Å². The summed E-state index contributed by atoms with van der Waals surface area (Å²) in [6.07, 6.45) is 2.65. The van der Waals surface area contributed by atoms with Gasteiger partial charge in [-0.15, -0.1) is 0 Å². The average Bonchev–Trinajstić information content (AvgIpc) is 2.92. The summed E-state index contributed by atoms with van der Waals surface area (Å²) >= 11 is 0. The zero-order valence-electron chi connectivity index (χ0n) is 12.2. The van der Waals surface area contributed by atoms with Crippen molar-refractivity contribution in [3.05, 3.63) is 35.9 Å². The molecule has 1 aliphatic heterocycles. The Bertz CT molecular complexity index is 597. The maximum atomic E-state index is 5.74. The molecule has 0 aliphatic carbocycles. The van der Waals surface area contributed by atoms with E-state index in [0.717, 1.165) is 37.3 Å². The van der Waals surface area contributed by atoms with Crippen LogP contribution in [-0.2, 0) is 4.74 Å². The van der Waals surface area contributed by atoms with Gasteiger partial charge in [0.15, 0.2) is 0 Å². The van der Waals surface area contributed by atoms with Gasteiger partial charge in [-0.1, -0.05) is 25.1 Å². The van der Waals surface area contributed by atoms with Crippen molar-refractivity contribution >= 4 is 16.7 Å². The number of aryl methyl sites for hydroxylation is 1. The SMILES string of the molecule is CCC1OCCC1CNc1nc2ccccc2cc1C. The number of nitrogens with one attached hydrogen (secondary N) is 1. The molecule has 0 saturated carbocycles. The first-order valence-corrected chi connectivity index (χ1v) is 7.50. The zero-order valence-corrected chi connectivity index (χ0v) is 12.2. The van der Waals surface area contributed by atoms with Gasteiger partial charge in [0.05, 0.1) is 11.6 Å². The van der Waals surface area contributed by atoms with Crippen LogP contribution in [0, 0.1) is 12.8 Å². The molecule has 0 radical (unpaired) electrons. The molecule has 0 amide bonds. The minimum absolute atomic E-state index is 0.406. The maximum Gasteiger partial charge on any atom is 0.129 e. The van der Waals surface area contributed by atoms with Gasteiger partial charge in [0.2, 0.25) is 0 Å². The molecule has 1 fully saturated rings.